The Hall–Kier alpha value is -1.07. The van der Waals surface area contributed by atoms with Gasteiger partial charge in [-0.3, -0.25) is 4.99 Å². The number of rotatable bonds is 8. The first-order valence-corrected chi connectivity index (χ1v) is 9.23. The van der Waals surface area contributed by atoms with E-state index in [2.05, 4.69) is 21.7 Å². The van der Waals surface area contributed by atoms with Crippen molar-refractivity contribution in [2.75, 3.05) is 32.5 Å². The van der Waals surface area contributed by atoms with Crippen molar-refractivity contribution in [2.45, 2.75) is 20.3 Å². The summed E-state index contributed by atoms with van der Waals surface area (Å²) in [6.07, 6.45) is 0.768. The molecule has 0 unspecified atom stereocenters. The van der Waals surface area contributed by atoms with Crippen molar-refractivity contribution < 1.29 is 13.2 Å². The zero-order chi connectivity index (χ0) is 17.3. The van der Waals surface area contributed by atoms with Crippen molar-refractivity contribution in [2.24, 2.45) is 10.1 Å². The summed E-state index contributed by atoms with van der Waals surface area (Å²) in [6.45, 7) is 5.45. The summed E-state index contributed by atoms with van der Waals surface area (Å²) in [7, 11) is -1.84. The second-order valence-corrected chi connectivity index (χ2v) is 6.85. The van der Waals surface area contributed by atoms with Gasteiger partial charge in [0, 0.05) is 13.1 Å². The SMILES string of the molecule is CCNC(=NCCS(N)(=O)=O)NCCc1cc(C)ccc1OC.I. The van der Waals surface area contributed by atoms with Gasteiger partial charge in [0.05, 0.1) is 19.4 Å². The van der Waals surface area contributed by atoms with Crippen LogP contribution in [0, 0.1) is 6.92 Å². The second kappa shape index (κ2) is 11.5. The molecule has 0 saturated heterocycles. The Labute approximate surface area is 161 Å². The van der Waals surface area contributed by atoms with E-state index in [9.17, 15) is 8.42 Å². The van der Waals surface area contributed by atoms with Crippen molar-refractivity contribution in [3.8, 4) is 5.75 Å². The molecule has 0 radical (unpaired) electrons. The van der Waals surface area contributed by atoms with Crippen LogP contribution in [-0.2, 0) is 16.4 Å². The van der Waals surface area contributed by atoms with E-state index < -0.39 is 10.0 Å². The van der Waals surface area contributed by atoms with Crippen LogP contribution >= 0.6 is 24.0 Å². The molecule has 0 saturated carbocycles. The molecule has 9 heteroatoms. The predicted molar refractivity (Wildman–Crippen MR) is 109 cm³/mol. The highest BCUT2D eigenvalue weighted by atomic mass is 127. The Balaban J connectivity index is 0.00000529. The molecule has 0 heterocycles. The van der Waals surface area contributed by atoms with Crippen molar-refractivity contribution >= 4 is 40.0 Å². The van der Waals surface area contributed by atoms with Crippen LogP contribution in [0.1, 0.15) is 18.1 Å². The Morgan fingerprint density at radius 3 is 2.62 bits per heavy atom. The monoisotopic (exact) mass is 470 g/mol. The lowest BCUT2D eigenvalue weighted by Crippen LogP contribution is -2.38. The lowest BCUT2D eigenvalue weighted by molar-refractivity contribution is 0.409. The van der Waals surface area contributed by atoms with Crippen LogP contribution in [0.3, 0.4) is 0 Å². The van der Waals surface area contributed by atoms with Crippen LogP contribution in [0.15, 0.2) is 23.2 Å². The second-order valence-electron chi connectivity index (χ2n) is 5.12. The average Bonchev–Trinajstić information content (AvgIpc) is 2.46. The quantitative estimate of drug-likeness (QED) is 0.299. The average molecular weight is 470 g/mol. The van der Waals surface area contributed by atoms with E-state index in [1.165, 1.54) is 5.56 Å². The summed E-state index contributed by atoms with van der Waals surface area (Å²) in [5.41, 5.74) is 2.29. The first-order chi connectivity index (χ1) is 10.9. The summed E-state index contributed by atoms with van der Waals surface area (Å²) < 4.78 is 27.2. The zero-order valence-electron chi connectivity index (χ0n) is 14.3. The Kier molecular flexibility index (Phi) is 11.0. The normalized spacial score (nSPS) is 11.6. The number of aliphatic imine (C=N–C) groups is 1. The van der Waals surface area contributed by atoms with E-state index in [0.29, 0.717) is 19.0 Å². The van der Waals surface area contributed by atoms with Gasteiger partial charge in [-0.15, -0.1) is 24.0 Å². The number of methoxy groups -OCH3 is 1. The van der Waals surface area contributed by atoms with Crippen LogP contribution in [0.25, 0.3) is 0 Å². The van der Waals surface area contributed by atoms with Gasteiger partial charge in [-0.05, 0) is 31.9 Å². The minimum absolute atomic E-state index is 0. The van der Waals surface area contributed by atoms with Crippen LogP contribution in [-0.4, -0.2) is 46.9 Å². The van der Waals surface area contributed by atoms with Gasteiger partial charge in [0.15, 0.2) is 5.96 Å². The number of sulfonamides is 1. The third kappa shape index (κ3) is 9.28. The summed E-state index contributed by atoms with van der Waals surface area (Å²) in [5, 5.41) is 11.2. The molecule has 0 aliphatic heterocycles. The number of aryl methyl sites for hydroxylation is 1. The minimum atomic E-state index is -3.49. The zero-order valence-corrected chi connectivity index (χ0v) is 17.5. The molecule has 1 aromatic rings. The number of hydrogen-bond acceptors (Lipinski definition) is 4. The summed E-state index contributed by atoms with van der Waals surface area (Å²) >= 11 is 0. The van der Waals surface area contributed by atoms with Crippen molar-refractivity contribution in [1.29, 1.82) is 0 Å². The molecule has 0 fully saturated rings. The van der Waals surface area contributed by atoms with Crippen molar-refractivity contribution in [3.05, 3.63) is 29.3 Å². The van der Waals surface area contributed by atoms with E-state index in [-0.39, 0.29) is 36.3 Å². The number of nitrogens with zero attached hydrogens (tertiary/aromatic N) is 1. The highest BCUT2D eigenvalue weighted by molar-refractivity contribution is 14.0. The first kappa shape index (κ1) is 22.9. The molecule has 0 bridgehead atoms. The molecule has 0 aromatic heterocycles. The lowest BCUT2D eigenvalue weighted by Gasteiger charge is -2.13. The van der Waals surface area contributed by atoms with Gasteiger partial charge in [-0.2, -0.15) is 0 Å². The van der Waals surface area contributed by atoms with Gasteiger partial charge in [0.25, 0.3) is 0 Å². The van der Waals surface area contributed by atoms with Gasteiger partial charge in [0.2, 0.25) is 10.0 Å². The number of ether oxygens (including phenoxy) is 1. The summed E-state index contributed by atoms with van der Waals surface area (Å²) in [4.78, 5) is 4.19. The highest BCUT2D eigenvalue weighted by Gasteiger charge is 2.05. The highest BCUT2D eigenvalue weighted by Crippen LogP contribution is 2.19. The maximum atomic E-state index is 10.9. The maximum absolute atomic E-state index is 10.9. The third-order valence-electron chi connectivity index (χ3n) is 3.11. The predicted octanol–water partition coefficient (Wildman–Crippen LogP) is 1.01. The molecule has 0 amide bonds. The number of benzene rings is 1. The lowest BCUT2D eigenvalue weighted by atomic mass is 10.1. The molecule has 7 nitrogen and oxygen atoms in total. The largest absolute Gasteiger partial charge is 0.496 e. The standard InChI is InChI=1S/C15H26N4O3S.HI/c1-4-17-15(19-9-10-23(16,20)21)18-8-7-13-11-12(2)5-6-14(13)22-3;/h5-6,11H,4,7-10H2,1-3H3,(H2,16,20,21)(H2,17,18,19);1H. The maximum Gasteiger partial charge on any atom is 0.210 e. The van der Waals surface area contributed by atoms with Gasteiger partial charge in [0.1, 0.15) is 5.75 Å². The molecule has 1 rings (SSSR count). The summed E-state index contributed by atoms with van der Waals surface area (Å²) in [5.74, 6) is 1.26. The topological polar surface area (TPSA) is 106 Å². The number of nitrogens with two attached hydrogens (primary N) is 1. The number of halogens is 1. The van der Waals surface area contributed by atoms with Crippen LogP contribution in [0.5, 0.6) is 5.75 Å². The molecule has 0 aliphatic rings. The molecule has 1 aromatic carbocycles. The van der Waals surface area contributed by atoms with Crippen LogP contribution < -0.4 is 20.5 Å². The fourth-order valence-electron chi connectivity index (χ4n) is 2.04. The van der Waals surface area contributed by atoms with Gasteiger partial charge >= 0.3 is 0 Å². The number of nitrogens with one attached hydrogen (secondary N) is 2. The van der Waals surface area contributed by atoms with Crippen molar-refractivity contribution in [3.63, 3.8) is 0 Å². The van der Waals surface area contributed by atoms with Gasteiger partial charge < -0.3 is 15.4 Å². The Morgan fingerprint density at radius 2 is 2.04 bits per heavy atom. The molecular weight excluding hydrogens is 443 g/mol. The molecule has 138 valence electrons. The molecule has 4 N–H and O–H groups in total. The molecule has 0 atom stereocenters. The fraction of sp³-hybridized carbons (Fsp3) is 0.533. The van der Waals surface area contributed by atoms with E-state index in [1.54, 1.807) is 7.11 Å². The smallest absolute Gasteiger partial charge is 0.210 e. The Morgan fingerprint density at radius 1 is 1.33 bits per heavy atom. The van der Waals surface area contributed by atoms with E-state index in [1.807, 2.05) is 26.0 Å². The molecular formula is C15H27IN4O3S. The molecule has 24 heavy (non-hydrogen) atoms. The third-order valence-corrected chi connectivity index (χ3v) is 3.86. The van der Waals surface area contributed by atoms with Crippen molar-refractivity contribution in [1.82, 2.24) is 10.6 Å². The van der Waals surface area contributed by atoms with Crippen LogP contribution in [0.4, 0.5) is 0 Å². The van der Waals surface area contributed by atoms with Crippen LogP contribution in [0.2, 0.25) is 0 Å². The summed E-state index contributed by atoms with van der Waals surface area (Å²) in [6, 6.07) is 6.05. The fourth-order valence-corrected chi connectivity index (χ4v) is 2.39. The number of guanidine groups is 1. The first-order valence-electron chi connectivity index (χ1n) is 7.52. The van der Waals surface area contributed by atoms with Gasteiger partial charge in [-0.1, -0.05) is 17.7 Å². The molecule has 0 spiro atoms. The number of hydrogen-bond donors (Lipinski definition) is 3. The molecule has 0 aliphatic carbocycles. The van der Waals surface area contributed by atoms with Gasteiger partial charge in [-0.25, -0.2) is 13.6 Å². The van der Waals surface area contributed by atoms with E-state index >= 15 is 0 Å². The minimum Gasteiger partial charge on any atom is -0.496 e. The number of primary sulfonamides is 1. The Bertz CT molecular complexity index is 636. The van der Waals surface area contributed by atoms with E-state index in [0.717, 1.165) is 17.7 Å². The van der Waals surface area contributed by atoms with E-state index in [4.69, 9.17) is 9.88 Å².